The van der Waals surface area contributed by atoms with E-state index < -0.39 is 0 Å². The van der Waals surface area contributed by atoms with E-state index in [1.807, 2.05) is 16.8 Å². The second-order valence-corrected chi connectivity index (χ2v) is 3.51. The number of hydrogen-bond donors (Lipinski definition) is 1. The fraction of sp³-hybridized carbons (Fsp3) is 0. The summed E-state index contributed by atoms with van der Waals surface area (Å²) < 4.78 is 4.90. The summed E-state index contributed by atoms with van der Waals surface area (Å²) in [6, 6.07) is 5.14. The monoisotopic (exact) mass is 220 g/mol. The van der Waals surface area contributed by atoms with Gasteiger partial charge in [-0.3, -0.25) is 4.79 Å². The van der Waals surface area contributed by atoms with Crippen LogP contribution in [0.2, 0.25) is 0 Å². The second-order valence-electron chi connectivity index (χ2n) is 2.73. The normalized spacial score (nSPS) is 10.7. The summed E-state index contributed by atoms with van der Waals surface area (Å²) in [6.07, 6.45) is 3.02. The molecule has 2 aromatic heterocycles. The van der Waals surface area contributed by atoms with Crippen molar-refractivity contribution in [3.63, 3.8) is 0 Å². The summed E-state index contributed by atoms with van der Waals surface area (Å²) in [5.74, 6) is -0.107. The molecule has 5 heteroatoms. The average molecular weight is 220 g/mol. The van der Waals surface area contributed by atoms with Crippen molar-refractivity contribution in [2.45, 2.75) is 0 Å². The van der Waals surface area contributed by atoms with Gasteiger partial charge in [-0.05, 0) is 29.0 Å². The Morgan fingerprint density at radius 1 is 1.53 bits per heavy atom. The highest BCUT2D eigenvalue weighted by Crippen LogP contribution is 2.02. The van der Waals surface area contributed by atoms with Gasteiger partial charge in [-0.25, -0.2) is 5.43 Å². The van der Waals surface area contributed by atoms with Crippen LogP contribution in [0.4, 0.5) is 0 Å². The van der Waals surface area contributed by atoms with Gasteiger partial charge in [0.2, 0.25) is 0 Å². The minimum absolute atomic E-state index is 0.248. The van der Waals surface area contributed by atoms with Gasteiger partial charge in [-0.1, -0.05) is 0 Å². The largest absolute Gasteiger partial charge is 0.459 e. The molecule has 0 saturated carbocycles. The number of nitrogens with zero attached hydrogens (tertiary/aromatic N) is 1. The van der Waals surface area contributed by atoms with Gasteiger partial charge in [-0.2, -0.15) is 16.4 Å². The molecule has 4 nitrogen and oxygen atoms in total. The first-order chi connectivity index (χ1) is 7.36. The maximum Gasteiger partial charge on any atom is 0.307 e. The number of rotatable bonds is 3. The maximum absolute atomic E-state index is 11.3. The first-order valence-electron chi connectivity index (χ1n) is 4.25. The van der Waals surface area contributed by atoms with Gasteiger partial charge in [0.25, 0.3) is 0 Å². The molecule has 1 amide bonds. The van der Waals surface area contributed by atoms with E-state index in [-0.39, 0.29) is 11.7 Å². The lowest BCUT2D eigenvalue weighted by atomic mass is 10.4. The molecular formula is C10H8N2O2S. The summed E-state index contributed by atoms with van der Waals surface area (Å²) >= 11 is 1.57. The topological polar surface area (TPSA) is 54.6 Å². The molecule has 1 N–H and O–H groups in total. The van der Waals surface area contributed by atoms with Crippen molar-refractivity contribution >= 4 is 23.5 Å². The first kappa shape index (κ1) is 9.67. The lowest BCUT2D eigenvalue weighted by Crippen LogP contribution is -2.16. The summed E-state index contributed by atoms with van der Waals surface area (Å²) in [7, 11) is 0. The standard InChI is InChI=1S/C10H8N2O2S/c13-10(9-2-1-4-14-9)12-11-6-8-3-5-15-7-8/h1-7H,(H,12,13)/b11-6-. The highest BCUT2D eigenvalue weighted by atomic mass is 32.1. The van der Waals surface area contributed by atoms with E-state index in [0.717, 1.165) is 5.56 Å². The molecule has 0 spiro atoms. The molecule has 0 aromatic carbocycles. The smallest absolute Gasteiger partial charge is 0.307 e. The van der Waals surface area contributed by atoms with Crippen LogP contribution in [0, 0.1) is 0 Å². The third kappa shape index (κ3) is 2.54. The van der Waals surface area contributed by atoms with Crippen LogP contribution in [0.25, 0.3) is 0 Å². The molecule has 2 rings (SSSR count). The highest BCUT2D eigenvalue weighted by molar-refractivity contribution is 7.08. The Morgan fingerprint density at radius 2 is 2.47 bits per heavy atom. The van der Waals surface area contributed by atoms with Crippen LogP contribution in [0.1, 0.15) is 16.1 Å². The van der Waals surface area contributed by atoms with E-state index in [4.69, 9.17) is 4.42 Å². The number of amides is 1. The summed E-state index contributed by atoms with van der Waals surface area (Å²) in [5.41, 5.74) is 3.32. The average Bonchev–Trinajstić information content (AvgIpc) is 2.90. The minimum atomic E-state index is -0.355. The lowest BCUT2D eigenvalue weighted by Gasteiger charge is -1.93. The Morgan fingerprint density at radius 3 is 3.13 bits per heavy atom. The maximum atomic E-state index is 11.3. The van der Waals surface area contributed by atoms with Gasteiger partial charge in [0, 0.05) is 5.56 Å². The van der Waals surface area contributed by atoms with Gasteiger partial charge in [-0.15, -0.1) is 0 Å². The van der Waals surface area contributed by atoms with E-state index in [9.17, 15) is 4.79 Å². The van der Waals surface area contributed by atoms with Gasteiger partial charge in [0.05, 0.1) is 12.5 Å². The van der Waals surface area contributed by atoms with Crippen LogP contribution in [0.5, 0.6) is 0 Å². The lowest BCUT2D eigenvalue weighted by molar-refractivity contribution is 0.0927. The molecule has 0 fully saturated rings. The Hall–Kier alpha value is -1.88. The Kier molecular flexibility index (Phi) is 2.94. The molecule has 76 valence electrons. The Balaban J connectivity index is 1.91. The van der Waals surface area contributed by atoms with Crippen LogP contribution >= 0.6 is 11.3 Å². The zero-order chi connectivity index (χ0) is 10.5. The van der Waals surface area contributed by atoms with Crippen LogP contribution in [0.3, 0.4) is 0 Å². The van der Waals surface area contributed by atoms with Crippen molar-refractivity contribution in [1.82, 2.24) is 5.43 Å². The van der Waals surface area contributed by atoms with Crippen molar-refractivity contribution < 1.29 is 9.21 Å². The summed E-state index contributed by atoms with van der Waals surface area (Å²) in [5, 5.41) is 7.67. The van der Waals surface area contributed by atoms with E-state index >= 15 is 0 Å². The molecule has 0 radical (unpaired) electrons. The molecule has 0 saturated heterocycles. The van der Waals surface area contributed by atoms with Crippen molar-refractivity contribution in [2.24, 2.45) is 5.10 Å². The molecule has 0 unspecified atom stereocenters. The van der Waals surface area contributed by atoms with E-state index in [1.165, 1.54) is 6.26 Å². The first-order valence-corrected chi connectivity index (χ1v) is 5.19. The molecule has 0 aliphatic rings. The molecule has 2 aromatic rings. The van der Waals surface area contributed by atoms with E-state index in [1.54, 1.807) is 29.7 Å². The van der Waals surface area contributed by atoms with E-state index in [0.29, 0.717) is 0 Å². The zero-order valence-corrected chi connectivity index (χ0v) is 8.53. The molecular weight excluding hydrogens is 212 g/mol. The fourth-order valence-corrected chi connectivity index (χ4v) is 1.59. The van der Waals surface area contributed by atoms with Crippen molar-refractivity contribution in [3.05, 3.63) is 46.5 Å². The third-order valence-corrected chi connectivity index (χ3v) is 2.37. The molecule has 15 heavy (non-hydrogen) atoms. The molecule has 0 aliphatic carbocycles. The highest BCUT2D eigenvalue weighted by Gasteiger charge is 2.05. The van der Waals surface area contributed by atoms with Gasteiger partial charge in [0.1, 0.15) is 0 Å². The fourth-order valence-electron chi connectivity index (χ4n) is 0.977. The number of carbonyl (C=O) groups is 1. The number of hydrogen-bond acceptors (Lipinski definition) is 4. The minimum Gasteiger partial charge on any atom is -0.459 e. The van der Waals surface area contributed by atoms with Crippen molar-refractivity contribution in [1.29, 1.82) is 0 Å². The van der Waals surface area contributed by atoms with Crippen LogP contribution in [0.15, 0.2) is 44.7 Å². The second kappa shape index (κ2) is 4.56. The van der Waals surface area contributed by atoms with Gasteiger partial charge in [0.15, 0.2) is 5.76 Å². The van der Waals surface area contributed by atoms with Crippen molar-refractivity contribution in [2.75, 3.05) is 0 Å². The van der Waals surface area contributed by atoms with Crippen LogP contribution in [-0.2, 0) is 0 Å². The van der Waals surface area contributed by atoms with Crippen molar-refractivity contribution in [3.8, 4) is 0 Å². The van der Waals surface area contributed by atoms with Gasteiger partial charge < -0.3 is 4.42 Å². The SMILES string of the molecule is O=C(N/N=C\c1ccsc1)c1ccco1. The Labute approximate surface area is 90.2 Å². The van der Waals surface area contributed by atoms with Crippen LogP contribution < -0.4 is 5.43 Å². The number of hydrazone groups is 1. The zero-order valence-electron chi connectivity index (χ0n) is 7.71. The molecule has 0 atom stereocenters. The summed E-state index contributed by atoms with van der Waals surface area (Å²) in [6.45, 7) is 0. The van der Waals surface area contributed by atoms with E-state index in [2.05, 4.69) is 10.5 Å². The number of thiophene rings is 1. The van der Waals surface area contributed by atoms with Gasteiger partial charge >= 0.3 is 5.91 Å². The third-order valence-electron chi connectivity index (χ3n) is 1.67. The number of furan rings is 1. The molecule has 0 bridgehead atoms. The molecule has 0 aliphatic heterocycles. The van der Waals surface area contributed by atoms with Crippen LogP contribution in [-0.4, -0.2) is 12.1 Å². The number of carbonyl (C=O) groups excluding carboxylic acids is 1. The Bertz CT molecular complexity index is 446. The predicted molar refractivity (Wildman–Crippen MR) is 58.1 cm³/mol. The summed E-state index contributed by atoms with van der Waals surface area (Å²) in [4.78, 5) is 11.3. The number of nitrogens with one attached hydrogen (secondary N) is 1. The predicted octanol–water partition coefficient (Wildman–Crippen LogP) is 2.11. The quantitative estimate of drug-likeness (QED) is 0.636. The molecule has 2 heterocycles.